The number of alkyl halides is 3. The van der Waals surface area contributed by atoms with Crippen molar-refractivity contribution in [1.82, 2.24) is 15.1 Å². The maximum Gasteiger partial charge on any atom is 0.408 e. The van der Waals surface area contributed by atoms with Crippen molar-refractivity contribution in [3.63, 3.8) is 0 Å². The van der Waals surface area contributed by atoms with E-state index in [1.54, 1.807) is 0 Å². The van der Waals surface area contributed by atoms with Crippen LogP contribution in [0.3, 0.4) is 0 Å². The summed E-state index contributed by atoms with van der Waals surface area (Å²) in [5.41, 5.74) is 0.166. The topological polar surface area (TPSA) is 29.9 Å². The van der Waals surface area contributed by atoms with Gasteiger partial charge in [-0.25, -0.2) is 0 Å². The molecule has 17 heavy (non-hydrogen) atoms. The summed E-state index contributed by atoms with van der Waals surface area (Å²) in [4.78, 5) is 0. The van der Waals surface area contributed by atoms with Gasteiger partial charge in [0.25, 0.3) is 0 Å². The van der Waals surface area contributed by atoms with Crippen molar-refractivity contribution in [3.05, 3.63) is 18.0 Å². The summed E-state index contributed by atoms with van der Waals surface area (Å²) in [5.74, 6) is 0. The first kappa shape index (κ1) is 14.0. The molecular weight excluding hydrogens is 231 g/mol. The average molecular weight is 249 g/mol. The summed E-state index contributed by atoms with van der Waals surface area (Å²) in [6.07, 6.45) is -0.906. The molecule has 1 aromatic rings. The molecule has 1 atom stereocenters. The van der Waals surface area contributed by atoms with Crippen LogP contribution in [0.5, 0.6) is 0 Å². The molecule has 0 aliphatic heterocycles. The highest BCUT2D eigenvalue weighted by Crippen LogP contribution is 2.32. The molecule has 1 aromatic heterocycles. The molecule has 0 radical (unpaired) electrons. The minimum atomic E-state index is -4.29. The zero-order chi connectivity index (χ0) is 13.1. The Balaban J connectivity index is 2.88. The molecule has 0 spiro atoms. The number of hydrogen-bond acceptors (Lipinski definition) is 2. The normalized spacial score (nSPS) is 14.3. The predicted molar refractivity (Wildman–Crippen MR) is 59.7 cm³/mol. The van der Waals surface area contributed by atoms with Crippen LogP contribution in [0.25, 0.3) is 0 Å². The van der Waals surface area contributed by atoms with Crippen LogP contribution in [0.15, 0.2) is 12.4 Å². The zero-order valence-electron chi connectivity index (χ0n) is 10.3. The quantitative estimate of drug-likeness (QED) is 0.869. The van der Waals surface area contributed by atoms with E-state index in [0.717, 1.165) is 0 Å². The lowest BCUT2D eigenvalue weighted by Gasteiger charge is -2.20. The van der Waals surface area contributed by atoms with Crippen molar-refractivity contribution in [2.24, 2.45) is 0 Å². The van der Waals surface area contributed by atoms with Gasteiger partial charge in [0.05, 0.1) is 6.20 Å². The molecule has 6 heteroatoms. The van der Waals surface area contributed by atoms with E-state index in [1.807, 2.05) is 20.8 Å². The summed E-state index contributed by atoms with van der Waals surface area (Å²) in [5, 5.41) is 6.43. The molecule has 1 rings (SSSR count). The number of nitrogens with one attached hydrogen (secondary N) is 1. The van der Waals surface area contributed by atoms with Gasteiger partial charge in [0.2, 0.25) is 0 Å². The second-order valence-corrected chi connectivity index (χ2v) is 4.28. The van der Waals surface area contributed by atoms with E-state index >= 15 is 0 Å². The van der Waals surface area contributed by atoms with Gasteiger partial charge in [0.1, 0.15) is 6.04 Å². The Morgan fingerprint density at radius 1 is 1.41 bits per heavy atom. The predicted octanol–water partition coefficient (Wildman–Crippen LogP) is 3.07. The first-order chi connectivity index (χ1) is 7.86. The molecule has 0 aromatic carbocycles. The maximum absolute atomic E-state index is 12.8. The van der Waals surface area contributed by atoms with Crippen LogP contribution in [0.2, 0.25) is 0 Å². The van der Waals surface area contributed by atoms with Crippen LogP contribution in [-0.4, -0.2) is 22.5 Å². The molecular formula is C11H18F3N3. The smallest absolute Gasteiger partial charge is 0.302 e. The molecule has 0 fully saturated rings. The molecule has 0 amide bonds. The minimum absolute atomic E-state index is 0.0591. The van der Waals surface area contributed by atoms with Crippen molar-refractivity contribution in [1.29, 1.82) is 0 Å². The van der Waals surface area contributed by atoms with Crippen molar-refractivity contribution in [2.75, 3.05) is 6.54 Å². The van der Waals surface area contributed by atoms with Crippen LogP contribution in [0.4, 0.5) is 13.2 Å². The van der Waals surface area contributed by atoms with E-state index < -0.39 is 12.2 Å². The Morgan fingerprint density at radius 2 is 2.06 bits per heavy atom. The highest BCUT2D eigenvalue weighted by atomic mass is 19.4. The number of rotatable bonds is 5. The fraction of sp³-hybridized carbons (Fsp3) is 0.727. The van der Waals surface area contributed by atoms with Gasteiger partial charge in [0, 0.05) is 17.8 Å². The van der Waals surface area contributed by atoms with E-state index in [-0.39, 0.29) is 11.6 Å². The standard InChI is InChI=1S/C11H18F3N3/c1-4-5-15-10(11(12,13)14)9-6-16-17(7-9)8(2)3/h6-8,10,15H,4-5H2,1-3H3. The summed E-state index contributed by atoms with van der Waals surface area (Å²) >= 11 is 0. The highest BCUT2D eigenvalue weighted by Gasteiger charge is 2.41. The molecule has 3 nitrogen and oxygen atoms in total. The SMILES string of the molecule is CCCNC(c1cnn(C(C)C)c1)C(F)(F)F. The molecule has 0 aliphatic carbocycles. The van der Waals surface area contributed by atoms with Gasteiger partial charge >= 0.3 is 6.18 Å². The van der Waals surface area contributed by atoms with E-state index in [0.29, 0.717) is 13.0 Å². The van der Waals surface area contributed by atoms with E-state index in [4.69, 9.17) is 0 Å². The number of halogens is 3. The van der Waals surface area contributed by atoms with E-state index in [2.05, 4.69) is 10.4 Å². The molecule has 1 unspecified atom stereocenters. The fourth-order valence-corrected chi connectivity index (χ4v) is 1.50. The Hall–Kier alpha value is -1.04. The summed E-state index contributed by atoms with van der Waals surface area (Å²) in [7, 11) is 0. The third-order valence-electron chi connectivity index (χ3n) is 2.41. The zero-order valence-corrected chi connectivity index (χ0v) is 10.3. The van der Waals surface area contributed by atoms with Crippen molar-refractivity contribution in [3.8, 4) is 0 Å². The Bertz CT molecular complexity index is 344. The van der Waals surface area contributed by atoms with Crippen LogP contribution >= 0.6 is 0 Å². The number of nitrogens with zero attached hydrogens (tertiary/aromatic N) is 2. The minimum Gasteiger partial charge on any atom is -0.302 e. The van der Waals surface area contributed by atoms with Crippen LogP contribution in [0, 0.1) is 0 Å². The second kappa shape index (κ2) is 5.53. The molecule has 0 saturated heterocycles. The summed E-state index contributed by atoms with van der Waals surface area (Å²) < 4.78 is 40.0. The third kappa shape index (κ3) is 3.73. The van der Waals surface area contributed by atoms with Crippen molar-refractivity contribution < 1.29 is 13.2 Å². The summed E-state index contributed by atoms with van der Waals surface area (Å²) in [6.45, 7) is 5.91. The lowest BCUT2D eigenvalue weighted by atomic mass is 10.1. The Kier molecular flexibility index (Phi) is 4.56. The van der Waals surface area contributed by atoms with Crippen LogP contribution in [-0.2, 0) is 0 Å². The van der Waals surface area contributed by atoms with Crippen molar-refractivity contribution >= 4 is 0 Å². The van der Waals surface area contributed by atoms with Gasteiger partial charge in [0.15, 0.2) is 0 Å². The third-order valence-corrected chi connectivity index (χ3v) is 2.41. The number of aromatic nitrogens is 2. The largest absolute Gasteiger partial charge is 0.408 e. The first-order valence-electron chi connectivity index (χ1n) is 5.70. The molecule has 0 aliphatic rings. The highest BCUT2D eigenvalue weighted by molar-refractivity contribution is 5.13. The van der Waals surface area contributed by atoms with Crippen LogP contribution < -0.4 is 5.32 Å². The molecule has 0 bridgehead atoms. The van der Waals surface area contributed by atoms with Gasteiger partial charge in [-0.3, -0.25) is 4.68 Å². The number of hydrogen-bond donors (Lipinski definition) is 1. The van der Waals surface area contributed by atoms with Crippen LogP contribution in [0.1, 0.15) is 44.8 Å². The monoisotopic (exact) mass is 249 g/mol. The Morgan fingerprint density at radius 3 is 2.47 bits per heavy atom. The summed E-state index contributed by atoms with van der Waals surface area (Å²) in [6, 6.07) is -1.57. The lowest BCUT2D eigenvalue weighted by Crippen LogP contribution is -2.34. The molecule has 1 N–H and O–H groups in total. The fourth-order valence-electron chi connectivity index (χ4n) is 1.50. The van der Waals surface area contributed by atoms with E-state index in [9.17, 15) is 13.2 Å². The molecule has 1 heterocycles. The lowest BCUT2D eigenvalue weighted by molar-refractivity contribution is -0.157. The van der Waals surface area contributed by atoms with Crippen molar-refractivity contribution in [2.45, 2.75) is 45.5 Å². The maximum atomic E-state index is 12.8. The average Bonchev–Trinajstić information content (AvgIpc) is 2.65. The van der Waals surface area contributed by atoms with Gasteiger partial charge < -0.3 is 5.32 Å². The van der Waals surface area contributed by atoms with Gasteiger partial charge in [-0.05, 0) is 26.8 Å². The van der Waals surface area contributed by atoms with Gasteiger partial charge in [-0.15, -0.1) is 0 Å². The van der Waals surface area contributed by atoms with Gasteiger partial charge in [-0.1, -0.05) is 6.92 Å². The first-order valence-corrected chi connectivity index (χ1v) is 5.70. The van der Waals surface area contributed by atoms with Gasteiger partial charge in [-0.2, -0.15) is 18.3 Å². The molecule has 98 valence electrons. The molecule has 0 saturated carbocycles. The Labute approximate surface area is 99.0 Å². The van der Waals surface area contributed by atoms with E-state index in [1.165, 1.54) is 17.1 Å². The second-order valence-electron chi connectivity index (χ2n) is 4.28.